The number of fused-ring (bicyclic) bond motifs is 1. The summed E-state index contributed by atoms with van der Waals surface area (Å²) in [5, 5.41) is 2.02. The maximum absolute atomic E-state index is 13.9. The van der Waals surface area contributed by atoms with E-state index in [2.05, 4.69) is 31.9 Å². The van der Waals surface area contributed by atoms with Gasteiger partial charge in [0, 0.05) is 19.8 Å². The third-order valence-corrected chi connectivity index (χ3v) is 6.78. The second kappa shape index (κ2) is 5.24. The van der Waals surface area contributed by atoms with Gasteiger partial charge >= 0.3 is 0 Å². The fourth-order valence-corrected chi connectivity index (χ4v) is 4.99. The molecule has 0 nitrogen and oxygen atoms in total. The maximum atomic E-state index is 13.9. The molecule has 3 rings (SSSR count). The van der Waals surface area contributed by atoms with E-state index in [9.17, 15) is 8.78 Å². The first-order chi connectivity index (χ1) is 9.06. The van der Waals surface area contributed by atoms with Crippen LogP contribution in [0, 0.1) is 11.6 Å². The summed E-state index contributed by atoms with van der Waals surface area (Å²) in [6.07, 6.45) is 0. The molecule has 3 aromatic rings. The highest BCUT2D eigenvalue weighted by atomic mass is 79.9. The Kier molecular flexibility index (Phi) is 3.77. The smallest absolute Gasteiger partial charge is 0.137 e. The van der Waals surface area contributed by atoms with Gasteiger partial charge in [-0.05, 0) is 45.6 Å². The molecule has 98 valence electrons. The van der Waals surface area contributed by atoms with Gasteiger partial charge in [0.25, 0.3) is 0 Å². The number of rotatable bonds is 2. The molecule has 0 radical (unpaired) electrons. The molecule has 19 heavy (non-hydrogen) atoms. The normalized spacial score (nSPS) is 13.1. The standard InChI is InChI=1S/C13H6Br2F2S2/c14-7-4-8(16)6(3-9(7)17)13(15)12-5-11-10(19-12)1-2-18-11/h1-5,13H. The lowest BCUT2D eigenvalue weighted by Crippen LogP contribution is -1.96. The quantitative estimate of drug-likeness (QED) is 0.326. The van der Waals surface area contributed by atoms with Crippen LogP contribution >= 0.6 is 54.5 Å². The molecule has 0 saturated heterocycles. The van der Waals surface area contributed by atoms with Crippen molar-refractivity contribution in [3.05, 3.63) is 56.2 Å². The van der Waals surface area contributed by atoms with Gasteiger partial charge in [-0.2, -0.15) is 0 Å². The van der Waals surface area contributed by atoms with Crippen LogP contribution in [0.1, 0.15) is 15.3 Å². The Bertz CT molecular complexity index is 720. The lowest BCUT2D eigenvalue weighted by Gasteiger charge is -2.10. The van der Waals surface area contributed by atoms with E-state index in [-0.39, 0.29) is 9.30 Å². The van der Waals surface area contributed by atoms with Crippen molar-refractivity contribution < 1.29 is 8.78 Å². The molecule has 1 aromatic carbocycles. The Hall–Kier alpha value is -0.300. The molecule has 0 spiro atoms. The van der Waals surface area contributed by atoms with Gasteiger partial charge in [-0.3, -0.25) is 0 Å². The zero-order valence-electron chi connectivity index (χ0n) is 9.29. The third kappa shape index (κ3) is 2.51. The summed E-state index contributed by atoms with van der Waals surface area (Å²) in [5.41, 5.74) is 0.314. The van der Waals surface area contributed by atoms with Crippen molar-refractivity contribution in [3.8, 4) is 0 Å². The van der Waals surface area contributed by atoms with Crippen molar-refractivity contribution in [1.82, 2.24) is 0 Å². The lowest BCUT2D eigenvalue weighted by molar-refractivity contribution is 0.583. The number of hydrogen-bond acceptors (Lipinski definition) is 2. The molecular weight excluding hydrogens is 418 g/mol. The zero-order chi connectivity index (χ0) is 13.6. The van der Waals surface area contributed by atoms with Gasteiger partial charge in [-0.25, -0.2) is 8.78 Å². The van der Waals surface area contributed by atoms with Crippen molar-refractivity contribution in [3.63, 3.8) is 0 Å². The average Bonchev–Trinajstić information content (AvgIpc) is 2.93. The van der Waals surface area contributed by atoms with Gasteiger partial charge in [0.2, 0.25) is 0 Å². The second-order valence-corrected chi connectivity index (χ2v) is 7.78. The molecule has 0 aliphatic carbocycles. The Balaban J connectivity index is 2.06. The fraction of sp³-hybridized carbons (Fsp3) is 0.0769. The van der Waals surface area contributed by atoms with Crippen LogP contribution in [0.2, 0.25) is 0 Å². The van der Waals surface area contributed by atoms with Gasteiger partial charge in [0.05, 0.1) is 9.30 Å². The first-order valence-electron chi connectivity index (χ1n) is 5.31. The number of halogens is 4. The van der Waals surface area contributed by atoms with Crippen molar-refractivity contribution in [2.75, 3.05) is 0 Å². The van der Waals surface area contributed by atoms with E-state index in [1.54, 1.807) is 22.7 Å². The van der Waals surface area contributed by atoms with Gasteiger partial charge < -0.3 is 0 Å². The first kappa shape index (κ1) is 13.7. The van der Waals surface area contributed by atoms with E-state index >= 15 is 0 Å². The van der Waals surface area contributed by atoms with E-state index in [0.717, 1.165) is 10.9 Å². The molecule has 0 aliphatic rings. The predicted molar refractivity (Wildman–Crippen MR) is 84.5 cm³/mol. The summed E-state index contributed by atoms with van der Waals surface area (Å²) >= 11 is 9.67. The minimum absolute atomic E-state index is 0.139. The summed E-state index contributed by atoms with van der Waals surface area (Å²) in [4.78, 5) is 0.641. The molecule has 0 fully saturated rings. The number of benzene rings is 1. The van der Waals surface area contributed by atoms with Crippen LogP contribution in [0.4, 0.5) is 8.78 Å². The van der Waals surface area contributed by atoms with Crippen LogP contribution in [0.25, 0.3) is 9.40 Å². The summed E-state index contributed by atoms with van der Waals surface area (Å²) in [6.45, 7) is 0. The van der Waals surface area contributed by atoms with E-state index in [4.69, 9.17) is 0 Å². The Labute approximate surface area is 133 Å². The monoisotopic (exact) mass is 422 g/mol. The van der Waals surface area contributed by atoms with Crippen LogP contribution in [0.3, 0.4) is 0 Å². The maximum Gasteiger partial charge on any atom is 0.137 e. The number of alkyl halides is 1. The molecular formula is C13H6Br2F2S2. The Morgan fingerprint density at radius 3 is 2.58 bits per heavy atom. The molecule has 0 saturated carbocycles. The average molecular weight is 424 g/mol. The molecule has 1 unspecified atom stereocenters. The van der Waals surface area contributed by atoms with Crippen LogP contribution in [-0.2, 0) is 0 Å². The van der Waals surface area contributed by atoms with E-state index in [0.29, 0.717) is 5.56 Å². The van der Waals surface area contributed by atoms with Crippen LogP contribution < -0.4 is 0 Å². The van der Waals surface area contributed by atoms with E-state index in [1.165, 1.54) is 15.5 Å². The highest BCUT2D eigenvalue weighted by Gasteiger charge is 2.19. The molecule has 6 heteroatoms. The summed E-state index contributed by atoms with van der Waals surface area (Å²) < 4.78 is 30.0. The molecule has 2 heterocycles. The van der Waals surface area contributed by atoms with Crippen LogP contribution in [0.5, 0.6) is 0 Å². The largest absolute Gasteiger partial charge is 0.207 e. The Morgan fingerprint density at radius 1 is 1.05 bits per heavy atom. The molecule has 0 aliphatic heterocycles. The molecule has 0 bridgehead atoms. The number of hydrogen-bond donors (Lipinski definition) is 0. The van der Waals surface area contributed by atoms with Crippen LogP contribution in [0.15, 0.2) is 34.1 Å². The molecule has 2 aromatic heterocycles. The summed E-state index contributed by atoms with van der Waals surface area (Å²) in [7, 11) is 0. The third-order valence-electron chi connectivity index (χ3n) is 2.72. The van der Waals surface area contributed by atoms with Gasteiger partial charge in [0.1, 0.15) is 11.6 Å². The predicted octanol–water partition coefficient (Wildman–Crippen LogP) is 6.49. The SMILES string of the molecule is Fc1cc(C(Br)c2cc3sccc3s2)c(F)cc1Br. The van der Waals surface area contributed by atoms with Crippen molar-refractivity contribution in [1.29, 1.82) is 0 Å². The summed E-state index contributed by atoms with van der Waals surface area (Å²) in [5.74, 6) is -0.883. The minimum Gasteiger partial charge on any atom is -0.207 e. The minimum atomic E-state index is -0.459. The molecule has 0 amide bonds. The summed E-state index contributed by atoms with van der Waals surface area (Å²) in [6, 6.07) is 6.44. The topological polar surface area (TPSA) is 0 Å². The van der Waals surface area contributed by atoms with Gasteiger partial charge in [-0.15, -0.1) is 22.7 Å². The fourth-order valence-electron chi connectivity index (χ4n) is 1.79. The van der Waals surface area contributed by atoms with Crippen molar-refractivity contribution in [2.24, 2.45) is 0 Å². The Morgan fingerprint density at radius 2 is 1.84 bits per heavy atom. The number of thiophene rings is 2. The lowest BCUT2D eigenvalue weighted by atomic mass is 10.1. The van der Waals surface area contributed by atoms with E-state index in [1.807, 2.05) is 17.5 Å². The zero-order valence-corrected chi connectivity index (χ0v) is 14.1. The highest BCUT2D eigenvalue weighted by molar-refractivity contribution is 9.10. The van der Waals surface area contributed by atoms with Crippen molar-refractivity contribution >= 4 is 63.9 Å². The molecule has 1 atom stereocenters. The van der Waals surface area contributed by atoms with Crippen molar-refractivity contribution in [2.45, 2.75) is 4.83 Å². The second-order valence-electron chi connectivity index (χ2n) is 3.95. The van der Waals surface area contributed by atoms with E-state index < -0.39 is 11.6 Å². The highest BCUT2D eigenvalue weighted by Crippen LogP contribution is 2.41. The van der Waals surface area contributed by atoms with Gasteiger partial charge in [-0.1, -0.05) is 15.9 Å². The van der Waals surface area contributed by atoms with Crippen LogP contribution in [-0.4, -0.2) is 0 Å². The van der Waals surface area contributed by atoms with Gasteiger partial charge in [0.15, 0.2) is 0 Å². The molecule has 0 N–H and O–H groups in total. The first-order valence-corrected chi connectivity index (χ1v) is 8.72.